The molecule has 1 unspecified atom stereocenters. The van der Waals surface area contributed by atoms with Crippen LogP contribution in [-0.2, 0) is 19.4 Å². The summed E-state index contributed by atoms with van der Waals surface area (Å²) in [6.07, 6.45) is 1.81. The lowest BCUT2D eigenvalue weighted by atomic mass is 9.91. The van der Waals surface area contributed by atoms with Gasteiger partial charge in [0.15, 0.2) is 0 Å². The van der Waals surface area contributed by atoms with Gasteiger partial charge in [0.05, 0.1) is 24.3 Å². The highest BCUT2D eigenvalue weighted by molar-refractivity contribution is 5.98. The predicted molar refractivity (Wildman–Crippen MR) is 167 cm³/mol. The summed E-state index contributed by atoms with van der Waals surface area (Å²) in [5.41, 5.74) is 0.707. The molecule has 0 aliphatic carbocycles. The van der Waals surface area contributed by atoms with Crippen molar-refractivity contribution >= 4 is 22.3 Å². The molecule has 2 aromatic carbocycles. The highest BCUT2D eigenvalue weighted by Crippen LogP contribution is 2.43. The molecule has 3 saturated heterocycles. The first-order chi connectivity index (χ1) is 21.6. The van der Waals surface area contributed by atoms with Crippen LogP contribution in [0, 0.1) is 11.7 Å². The summed E-state index contributed by atoms with van der Waals surface area (Å²) in [4.78, 5) is 16.1. The van der Waals surface area contributed by atoms with Crippen LogP contribution in [0.4, 0.5) is 24.7 Å². The smallest absolute Gasteiger partial charge is 0.318 e. The first-order valence-corrected chi connectivity index (χ1v) is 16.3. The fraction of sp³-hybridized carbons (Fsp3) is 0.588. The average Bonchev–Trinajstić information content (AvgIpc) is 3.54. The molecule has 242 valence electrons. The van der Waals surface area contributed by atoms with Crippen molar-refractivity contribution in [1.82, 2.24) is 14.9 Å². The van der Waals surface area contributed by atoms with E-state index in [4.69, 9.17) is 14.7 Å². The third-order valence-electron chi connectivity index (χ3n) is 10.5. The number of piperidine rings is 1. The number of aliphatic hydroxyl groups is 1. The van der Waals surface area contributed by atoms with Crippen LogP contribution in [0.2, 0.25) is 0 Å². The zero-order valence-corrected chi connectivity index (χ0v) is 26.0. The van der Waals surface area contributed by atoms with Gasteiger partial charge >= 0.3 is 6.01 Å². The van der Waals surface area contributed by atoms with Crippen LogP contribution in [0.5, 0.6) is 11.8 Å². The van der Waals surface area contributed by atoms with Crippen LogP contribution in [0.1, 0.15) is 62.8 Å². The Bertz CT molecular complexity index is 1610. The van der Waals surface area contributed by atoms with Gasteiger partial charge in [0, 0.05) is 42.3 Å². The third-order valence-corrected chi connectivity index (χ3v) is 10.5. The number of anilines is 2. The fourth-order valence-electron chi connectivity index (χ4n) is 8.44. The second-order valence-electron chi connectivity index (χ2n) is 13.7. The van der Waals surface area contributed by atoms with Gasteiger partial charge in [-0.25, -0.2) is 13.2 Å². The van der Waals surface area contributed by atoms with Crippen molar-refractivity contribution in [2.75, 3.05) is 49.1 Å². The van der Waals surface area contributed by atoms with Gasteiger partial charge in [-0.15, -0.1) is 0 Å². The van der Waals surface area contributed by atoms with E-state index in [9.17, 15) is 23.4 Å². The van der Waals surface area contributed by atoms with Crippen LogP contribution in [-0.4, -0.2) is 82.0 Å². The van der Waals surface area contributed by atoms with Crippen molar-refractivity contribution in [2.24, 2.45) is 5.92 Å². The Morgan fingerprint density at radius 1 is 1.09 bits per heavy atom. The number of β-amino-alcohol motifs (C(OH)–C–C–N with tert-alkyl or cyclic N) is 1. The van der Waals surface area contributed by atoms with E-state index in [-0.39, 0.29) is 36.1 Å². The van der Waals surface area contributed by atoms with E-state index in [2.05, 4.69) is 16.7 Å². The number of alkyl halides is 2. The van der Waals surface area contributed by atoms with Crippen LogP contribution in [0.25, 0.3) is 10.8 Å². The monoisotopic (exact) mass is 625 g/mol. The molecule has 8 nitrogen and oxygen atoms in total. The van der Waals surface area contributed by atoms with Crippen LogP contribution in [0.3, 0.4) is 0 Å². The lowest BCUT2D eigenvalue weighted by molar-refractivity contribution is -0.102. The lowest BCUT2D eigenvalue weighted by Crippen LogP contribution is -2.53. The van der Waals surface area contributed by atoms with Crippen molar-refractivity contribution in [3.05, 3.63) is 46.9 Å². The number of aryl methyl sites for hydroxylation is 1. The summed E-state index contributed by atoms with van der Waals surface area (Å²) in [5.74, 6) is 0.927. The molecule has 3 atom stereocenters. The minimum absolute atomic E-state index is 0.0308. The fourth-order valence-corrected chi connectivity index (χ4v) is 8.44. The van der Waals surface area contributed by atoms with Crippen molar-refractivity contribution in [1.29, 1.82) is 0 Å². The molecule has 45 heavy (non-hydrogen) atoms. The number of nitrogens with zero attached hydrogens (tertiary/aromatic N) is 5. The maximum atomic E-state index is 15.0. The molecular weight excluding hydrogens is 583 g/mol. The number of ether oxygens (including phenoxy) is 1. The third kappa shape index (κ3) is 5.35. The topological polar surface area (TPSA) is 85.2 Å². The van der Waals surface area contributed by atoms with E-state index in [0.29, 0.717) is 68.5 Å². The second-order valence-corrected chi connectivity index (χ2v) is 13.7. The Hall–Kier alpha value is -3.31. The van der Waals surface area contributed by atoms with Crippen molar-refractivity contribution in [2.45, 2.75) is 82.9 Å². The van der Waals surface area contributed by atoms with Crippen LogP contribution >= 0.6 is 0 Å². The zero-order valence-electron chi connectivity index (χ0n) is 26.0. The second kappa shape index (κ2) is 11.5. The van der Waals surface area contributed by atoms with E-state index >= 15 is 0 Å². The predicted octanol–water partition coefficient (Wildman–Crippen LogP) is 5.45. The quantitative estimate of drug-likeness (QED) is 0.359. The number of aromatic nitrogens is 2. The number of benzene rings is 2. The first kappa shape index (κ1) is 30.3. The molecule has 0 saturated carbocycles. The SMILES string of the molecule is CCc1c(F)ccc2cc(O)cc(N3CCc4c(nc(OC[C@@]56CCCN5C[C@H](C)C6)nc4N4CCCC(O)(C(F)F)C4)C3)c12. The first-order valence-electron chi connectivity index (χ1n) is 16.3. The van der Waals surface area contributed by atoms with Crippen molar-refractivity contribution in [3.8, 4) is 11.8 Å². The largest absolute Gasteiger partial charge is 0.508 e. The molecule has 2 N–H and O–H groups in total. The van der Waals surface area contributed by atoms with Gasteiger partial charge < -0.3 is 24.7 Å². The number of halogens is 3. The average molecular weight is 626 g/mol. The number of aromatic hydroxyl groups is 1. The highest BCUT2D eigenvalue weighted by Gasteiger charge is 2.48. The van der Waals surface area contributed by atoms with E-state index in [0.717, 1.165) is 54.4 Å². The number of phenolic OH excluding ortho intramolecular Hbond substituents is 1. The van der Waals surface area contributed by atoms with Crippen molar-refractivity contribution in [3.63, 3.8) is 0 Å². The summed E-state index contributed by atoms with van der Waals surface area (Å²) in [6.45, 7) is 7.89. The van der Waals surface area contributed by atoms with Crippen LogP contribution < -0.4 is 14.5 Å². The Labute approximate surface area is 261 Å². The number of phenols is 1. The summed E-state index contributed by atoms with van der Waals surface area (Å²) >= 11 is 0. The molecule has 0 amide bonds. The van der Waals surface area contributed by atoms with E-state index < -0.39 is 12.0 Å². The number of rotatable bonds is 7. The van der Waals surface area contributed by atoms with Gasteiger partial charge in [-0.1, -0.05) is 19.9 Å². The molecule has 0 spiro atoms. The molecule has 4 aliphatic rings. The normalized spacial score (nSPS) is 27.0. The molecule has 0 radical (unpaired) electrons. The van der Waals surface area contributed by atoms with E-state index in [1.165, 1.54) is 6.07 Å². The van der Waals surface area contributed by atoms with Gasteiger partial charge in [-0.3, -0.25) is 4.90 Å². The van der Waals surface area contributed by atoms with E-state index in [1.807, 2.05) is 6.92 Å². The van der Waals surface area contributed by atoms with Gasteiger partial charge in [0.1, 0.15) is 29.6 Å². The Balaban J connectivity index is 1.27. The molecule has 7 rings (SSSR count). The Morgan fingerprint density at radius 3 is 2.71 bits per heavy atom. The summed E-state index contributed by atoms with van der Waals surface area (Å²) in [6, 6.07) is 6.66. The number of hydrogen-bond donors (Lipinski definition) is 2. The summed E-state index contributed by atoms with van der Waals surface area (Å²) in [7, 11) is 0. The van der Waals surface area contributed by atoms with E-state index in [1.54, 1.807) is 23.1 Å². The minimum Gasteiger partial charge on any atom is -0.508 e. The Kier molecular flexibility index (Phi) is 7.75. The molecule has 4 aliphatic heterocycles. The van der Waals surface area contributed by atoms with Gasteiger partial charge in [0.2, 0.25) is 0 Å². The lowest BCUT2D eigenvalue weighted by Gasteiger charge is -2.41. The maximum Gasteiger partial charge on any atom is 0.318 e. The maximum absolute atomic E-state index is 15.0. The zero-order chi connectivity index (χ0) is 31.5. The molecular formula is C34H42F3N5O3. The summed E-state index contributed by atoms with van der Waals surface area (Å²) < 4.78 is 49.3. The molecule has 1 aromatic heterocycles. The molecule has 5 heterocycles. The van der Waals surface area contributed by atoms with Crippen molar-refractivity contribution < 1.29 is 28.1 Å². The number of hydrogen-bond acceptors (Lipinski definition) is 8. The van der Waals surface area contributed by atoms with Gasteiger partial charge in [0.25, 0.3) is 6.43 Å². The number of fused-ring (bicyclic) bond motifs is 3. The molecule has 3 fully saturated rings. The Morgan fingerprint density at radius 2 is 1.91 bits per heavy atom. The standard InChI is InChI=1S/C34H42F3N5O3/c1-3-24-26(35)7-6-22-14-23(43)15-28(29(22)24)40-13-8-25-27(18-40)38-32(45-20-33-9-4-12-42(33)17-21(2)16-33)39-30(25)41-11-5-10-34(44,19-41)31(36)37/h6-7,14-15,21,31,43-44H,3-5,8-13,16-20H2,1-2H3/t21-,33+,34?/m1/s1. The molecule has 0 bridgehead atoms. The highest BCUT2D eigenvalue weighted by atomic mass is 19.3. The van der Waals surface area contributed by atoms with Gasteiger partial charge in [-0.05, 0) is 80.5 Å². The summed E-state index contributed by atoms with van der Waals surface area (Å²) in [5, 5.41) is 22.9. The molecule has 3 aromatic rings. The molecule has 11 heteroatoms. The minimum atomic E-state index is -2.87. The van der Waals surface area contributed by atoms with Crippen LogP contribution in [0.15, 0.2) is 24.3 Å². The van der Waals surface area contributed by atoms with Gasteiger partial charge in [-0.2, -0.15) is 9.97 Å².